The van der Waals surface area contributed by atoms with Gasteiger partial charge in [0.15, 0.2) is 0 Å². The van der Waals surface area contributed by atoms with Crippen LogP contribution in [0, 0.1) is 0 Å². The van der Waals surface area contributed by atoms with Crippen molar-refractivity contribution in [2.75, 3.05) is 13.2 Å². The molecule has 0 atom stereocenters. The second-order valence-electron chi connectivity index (χ2n) is 2.84. The SMILES string of the molecule is O=CCCOC/C=C/c1ccccc1. The van der Waals surface area contributed by atoms with Gasteiger partial charge in [0.25, 0.3) is 0 Å². The van der Waals surface area contributed by atoms with E-state index in [1.54, 1.807) is 0 Å². The van der Waals surface area contributed by atoms with Gasteiger partial charge in [-0.15, -0.1) is 0 Å². The average molecular weight is 190 g/mol. The van der Waals surface area contributed by atoms with E-state index in [2.05, 4.69) is 0 Å². The van der Waals surface area contributed by atoms with Crippen molar-refractivity contribution in [3.8, 4) is 0 Å². The van der Waals surface area contributed by atoms with Crippen LogP contribution in [-0.2, 0) is 9.53 Å². The first-order valence-corrected chi connectivity index (χ1v) is 4.66. The van der Waals surface area contributed by atoms with E-state index in [9.17, 15) is 4.79 Å². The number of hydrogen-bond donors (Lipinski definition) is 0. The second-order valence-corrected chi connectivity index (χ2v) is 2.84. The maximum Gasteiger partial charge on any atom is 0.122 e. The number of benzene rings is 1. The maximum absolute atomic E-state index is 9.96. The molecule has 0 unspecified atom stereocenters. The Hall–Kier alpha value is -1.41. The Bertz CT molecular complexity index is 278. The average Bonchev–Trinajstić information content (AvgIpc) is 2.25. The van der Waals surface area contributed by atoms with Crippen LogP contribution in [0.3, 0.4) is 0 Å². The van der Waals surface area contributed by atoms with Gasteiger partial charge in [-0.1, -0.05) is 42.5 Å². The molecule has 14 heavy (non-hydrogen) atoms. The zero-order valence-electron chi connectivity index (χ0n) is 8.06. The van der Waals surface area contributed by atoms with E-state index in [4.69, 9.17) is 4.74 Å². The van der Waals surface area contributed by atoms with E-state index < -0.39 is 0 Å². The topological polar surface area (TPSA) is 26.3 Å². The number of aldehydes is 1. The quantitative estimate of drug-likeness (QED) is 0.508. The summed E-state index contributed by atoms with van der Waals surface area (Å²) in [4.78, 5) is 9.96. The first-order valence-electron chi connectivity index (χ1n) is 4.66. The lowest BCUT2D eigenvalue weighted by atomic mass is 10.2. The first-order chi connectivity index (χ1) is 6.93. The molecule has 0 saturated heterocycles. The summed E-state index contributed by atoms with van der Waals surface area (Å²) in [5.41, 5.74) is 1.16. The van der Waals surface area contributed by atoms with Crippen LogP contribution in [0.25, 0.3) is 6.08 Å². The summed E-state index contributed by atoms with van der Waals surface area (Å²) in [7, 11) is 0. The summed E-state index contributed by atoms with van der Waals surface area (Å²) in [5, 5.41) is 0. The lowest BCUT2D eigenvalue weighted by molar-refractivity contribution is -0.108. The Morgan fingerprint density at radius 3 is 2.71 bits per heavy atom. The van der Waals surface area contributed by atoms with E-state index in [0.29, 0.717) is 19.6 Å². The van der Waals surface area contributed by atoms with Crippen molar-refractivity contribution in [1.29, 1.82) is 0 Å². The fraction of sp³-hybridized carbons (Fsp3) is 0.250. The molecule has 0 amide bonds. The fourth-order valence-electron chi connectivity index (χ4n) is 1.03. The van der Waals surface area contributed by atoms with Crippen molar-refractivity contribution in [3.05, 3.63) is 42.0 Å². The molecule has 1 aromatic carbocycles. The van der Waals surface area contributed by atoms with Crippen molar-refractivity contribution < 1.29 is 9.53 Å². The van der Waals surface area contributed by atoms with Crippen molar-refractivity contribution in [1.82, 2.24) is 0 Å². The van der Waals surface area contributed by atoms with E-state index in [0.717, 1.165) is 11.8 Å². The molecule has 74 valence electrons. The first kappa shape index (κ1) is 10.7. The number of rotatable bonds is 6. The summed E-state index contributed by atoms with van der Waals surface area (Å²) in [6.07, 6.45) is 5.28. The van der Waals surface area contributed by atoms with Crippen LogP contribution < -0.4 is 0 Å². The minimum Gasteiger partial charge on any atom is -0.377 e. The van der Waals surface area contributed by atoms with Gasteiger partial charge in [-0.3, -0.25) is 0 Å². The van der Waals surface area contributed by atoms with Crippen molar-refractivity contribution >= 4 is 12.4 Å². The van der Waals surface area contributed by atoms with Gasteiger partial charge < -0.3 is 9.53 Å². The van der Waals surface area contributed by atoms with Crippen LogP contribution in [0.2, 0.25) is 0 Å². The van der Waals surface area contributed by atoms with Gasteiger partial charge in [0, 0.05) is 6.42 Å². The molecule has 0 saturated carbocycles. The molecule has 0 fully saturated rings. The van der Waals surface area contributed by atoms with Crippen LogP contribution in [0.4, 0.5) is 0 Å². The molecule has 0 aliphatic heterocycles. The van der Waals surface area contributed by atoms with Gasteiger partial charge in [-0.2, -0.15) is 0 Å². The molecular formula is C12H14O2. The standard InChI is InChI=1S/C12H14O2/c13-9-5-11-14-10-4-8-12-6-2-1-3-7-12/h1-4,6-9H,5,10-11H2/b8-4+. The normalized spacial score (nSPS) is 10.6. The Morgan fingerprint density at radius 2 is 2.00 bits per heavy atom. The highest BCUT2D eigenvalue weighted by Crippen LogP contribution is 2.00. The molecular weight excluding hydrogens is 176 g/mol. The summed E-state index contributed by atoms with van der Waals surface area (Å²) in [6.45, 7) is 1.06. The lowest BCUT2D eigenvalue weighted by Gasteiger charge is -1.95. The molecule has 0 spiro atoms. The zero-order chi connectivity index (χ0) is 10.1. The summed E-state index contributed by atoms with van der Waals surface area (Å²) < 4.78 is 5.18. The van der Waals surface area contributed by atoms with E-state index in [1.165, 1.54) is 0 Å². The van der Waals surface area contributed by atoms with Crippen LogP contribution in [0.15, 0.2) is 36.4 Å². The third kappa shape index (κ3) is 4.58. The highest BCUT2D eigenvalue weighted by molar-refractivity contribution is 5.49. The number of carbonyl (C=O) groups excluding carboxylic acids is 1. The van der Waals surface area contributed by atoms with Gasteiger partial charge in [-0.05, 0) is 5.56 Å². The third-order valence-corrected chi connectivity index (χ3v) is 1.70. The number of ether oxygens (including phenoxy) is 1. The van der Waals surface area contributed by atoms with Crippen molar-refractivity contribution in [2.24, 2.45) is 0 Å². The summed E-state index contributed by atoms with van der Waals surface area (Å²) in [6, 6.07) is 10.0. The zero-order valence-corrected chi connectivity index (χ0v) is 8.06. The molecule has 1 aromatic rings. The molecule has 0 bridgehead atoms. The van der Waals surface area contributed by atoms with E-state index >= 15 is 0 Å². The monoisotopic (exact) mass is 190 g/mol. The van der Waals surface area contributed by atoms with Gasteiger partial charge in [0.1, 0.15) is 6.29 Å². The molecule has 0 radical (unpaired) electrons. The fourth-order valence-corrected chi connectivity index (χ4v) is 1.03. The summed E-state index contributed by atoms with van der Waals surface area (Å²) >= 11 is 0. The molecule has 1 rings (SSSR count). The lowest BCUT2D eigenvalue weighted by Crippen LogP contribution is -1.94. The molecule has 0 aliphatic carbocycles. The van der Waals surface area contributed by atoms with Crippen LogP contribution >= 0.6 is 0 Å². The molecule has 2 heteroatoms. The highest BCUT2D eigenvalue weighted by atomic mass is 16.5. The Morgan fingerprint density at radius 1 is 1.21 bits per heavy atom. The van der Waals surface area contributed by atoms with Gasteiger partial charge in [-0.25, -0.2) is 0 Å². The third-order valence-electron chi connectivity index (χ3n) is 1.70. The van der Waals surface area contributed by atoms with Gasteiger partial charge >= 0.3 is 0 Å². The summed E-state index contributed by atoms with van der Waals surface area (Å²) in [5.74, 6) is 0. The van der Waals surface area contributed by atoms with Crippen molar-refractivity contribution in [2.45, 2.75) is 6.42 Å². The minimum atomic E-state index is 0.471. The molecule has 0 aliphatic rings. The van der Waals surface area contributed by atoms with Crippen molar-refractivity contribution in [3.63, 3.8) is 0 Å². The predicted octanol–water partition coefficient (Wildman–Crippen LogP) is 2.31. The van der Waals surface area contributed by atoms with Crippen LogP contribution in [0.5, 0.6) is 0 Å². The smallest absolute Gasteiger partial charge is 0.122 e. The molecule has 0 heterocycles. The Balaban J connectivity index is 2.18. The highest BCUT2D eigenvalue weighted by Gasteiger charge is 1.84. The Kier molecular flexibility index (Phi) is 5.36. The predicted molar refractivity (Wildman–Crippen MR) is 57.0 cm³/mol. The molecule has 0 aromatic heterocycles. The second kappa shape index (κ2) is 7.04. The van der Waals surface area contributed by atoms with Gasteiger partial charge in [0.2, 0.25) is 0 Å². The van der Waals surface area contributed by atoms with E-state index in [1.807, 2.05) is 42.5 Å². The minimum absolute atomic E-state index is 0.471. The maximum atomic E-state index is 9.96. The van der Waals surface area contributed by atoms with Gasteiger partial charge in [0.05, 0.1) is 13.2 Å². The van der Waals surface area contributed by atoms with E-state index in [-0.39, 0.29) is 0 Å². The number of carbonyl (C=O) groups is 1. The van der Waals surface area contributed by atoms with Crippen LogP contribution in [0.1, 0.15) is 12.0 Å². The van der Waals surface area contributed by atoms with Crippen LogP contribution in [-0.4, -0.2) is 19.5 Å². The molecule has 2 nitrogen and oxygen atoms in total. The number of hydrogen-bond acceptors (Lipinski definition) is 2. The largest absolute Gasteiger partial charge is 0.377 e. The Labute approximate surface area is 84.2 Å². The molecule has 0 N–H and O–H groups in total.